The highest BCUT2D eigenvalue weighted by Crippen LogP contribution is 2.32. The van der Waals surface area contributed by atoms with E-state index in [1.165, 1.54) is 11.3 Å². The van der Waals surface area contributed by atoms with E-state index in [1.54, 1.807) is 41.8 Å². The van der Waals surface area contributed by atoms with Gasteiger partial charge in [-0.2, -0.15) is 0 Å². The van der Waals surface area contributed by atoms with E-state index in [2.05, 4.69) is 15.0 Å². The van der Waals surface area contributed by atoms with E-state index in [1.807, 2.05) is 43.3 Å². The van der Waals surface area contributed by atoms with Crippen molar-refractivity contribution < 1.29 is 13.2 Å². The summed E-state index contributed by atoms with van der Waals surface area (Å²) in [4.78, 5) is 18.0. The van der Waals surface area contributed by atoms with Gasteiger partial charge in [0.15, 0.2) is 5.13 Å². The number of thiazole rings is 1. The SMILES string of the molecule is CN(C)c1cccc2c(S(=O)(=O)Nc3cccc(-c4csc(NC(=O)CN)n4)c3)cccc12. The van der Waals surface area contributed by atoms with Gasteiger partial charge in [0.2, 0.25) is 5.91 Å². The summed E-state index contributed by atoms with van der Waals surface area (Å²) in [7, 11) is -0.00930. The molecule has 0 aliphatic carbocycles. The Morgan fingerprint density at radius 1 is 1.06 bits per heavy atom. The van der Waals surface area contributed by atoms with Crippen LogP contribution in [0.25, 0.3) is 22.0 Å². The van der Waals surface area contributed by atoms with Gasteiger partial charge in [0.05, 0.1) is 17.1 Å². The molecule has 1 amide bonds. The second-order valence-corrected chi connectivity index (χ2v) is 10.0. The minimum atomic E-state index is -3.85. The van der Waals surface area contributed by atoms with Crippen molar-refractivity contribution in [2.75, 3.05) is 35.6 Å². The molecule has 33 heavy (non-hydrogen) atoms. The number of carbonyl (C=O) groups excluding carboxylic acids is 1. The third-order valence-corrected chi connectivity index (χ3v) is 7.17. The van der Waals surface area contributed by atoms with Gasteiger partial charge in [-0.05, 0) is 24.3 Å². The van der Waals surface area contributed by atoms with Crippen molar-refractivity contribution in [2.45, 2.75) is 4.90 Å². The van der Waals surface area contributed by atoms with E-state index in [0.29, 0.717) is 27.5 Å². The van der Waals surface area contributed by atoms with Crippen LogP contribution in [0.4, 0.5) is 16.5 Å². The molecule has 1 aromatic heterocycles. The summed E-state index contributed by atoms with van der Waals surface area (Å²) in [5, 5.41) is 6.33. The average Bonchev–Trinajstić information content (AvgIpc) is 3.26. The standard InChI is InChI=1S/C23H23N5O3S2/c1-28(2)20-10-4-9-18-17(20)8-5-11-21(18)33(30,31)27-16-7-3-6-15(12-16)19-14-32-23(25-19)26-22(29)13-24/h3-12,14,27H,13,24H2,1-2H3,(H,25,26,29). The Morgan fingerprint density at radius 3 is 2.55 bits per heavy atom. The number of rotatable bonds is 7. The van der Waals surface area contributed by atoms with Crippen LogP contribution in [0.15, 0.2) is 70.9 Å². The molecular formula is C23H23N5O3S2. The van der Waals surface area contributed by atoms with Gasteiger partial charge in [-0.25, -0.2) is 13.4 Å². The Balaban J connectivity index is 1.65. The molecule has 0 spiro atoms. The number of amides is 1. The first kappa shape index (κ1) is 22.7. The normalized spacial score (nSPS) is 11.4. The zero-order valence-electron chi connectivity index (χ0n) is 18.1. The monoisotopic (exact) mass is 481 g/mol. The number of fused-ring (bicyclic) bond motifs is 1. The van der Waals surface area contributed by atoms with Crippen LogP contribution in [0.3, 0.4) is 0 Å². The van der Waals surface area contributed by atoms with Gasteiger partial charge in [-0.3, -0.25) is 9.52 Å². The molecule has 0 aliphatic rings. The third-order valence-electron chi connectivity index (χ3n) is 4.98. The Bertz CT molecular complexity index is 1430. The van der Waals surface area contributed by atoms with Gasteiger partial charge in [-0.1, -0.05) is 36.4 Å². The molecule has 1 heterocycles. The second-order valence-electron chi connectivity index (χ2n) is 7.50. The molecule has 3 aromatic carbocycles. The lowest BCUT2D eigenvalue weighted by Crippen LogP contribution is -2.21. The lowest BCUT2D eigenvalue weighted by atomic mass is 10.1. The van der Waals surface area contributed by atoms with Crippen LogP contribution in [0.5, 0.6) is 0 Å². The molecule has 8 nitrogen and oxygen atoms in total. The van der Waals surface area contributed by atoms with Crippen molar-refractivity contribution in [2.24, 2.45) is 5.73 Å². The molecule has 0 bridgehead atoms. The quantitative estimate of drug-likeness (QED) is 0.370. The number of nitrogens with zero attached hydrogens (tertiary/aromatic N) is 2. The number of anilines is 3. The first-order chi connectivity index (χ1) is 15.8. The lowest BCUT2D eigenvalue weighted by molar-refractivity contribution is -0.114. The summed E-state index contributed by atoms with van der Waals surface area (Å²) in [6.07, 6.45) is 0. The summed E-state index contributed by atoms with van der Waals surface area (Å²) >= 11 is 1.27. The molecular weight excluding hydrogens is 458 g/mol. The molecule has 0 atom stereocenters. The predicted molar refractivity (Wildman–Crippen MR) is 134 cm³/mol. The van der Waals surface area contributed by atoms with Crippen molar-refractivity contribution in [3.8, 4) is 11.3 Å². The van der Waals surface area contributed by atoms with E-state index in [9.17, 15) is 13.2 Å². The maximum atomic E-state index is 13.3. The first-order valence-electron chi connectivity index (χ1n) is 10.1. The fraction of sp³-hybridized carbons (Fsp3) is 0.130. The highest BCUT2D eigenvalue weighted by molar-refractivity contribution is 7.93. The molecule has 4 N–H and O–H groups in total. The second kappa shape index (κ2) is 9.18. The van der Waals surface area contributed by atoms with Crippen molar-refractivity contribution in [1.29, 1.82) is 0 Å². The number of aromatic nitrogens is 1. The number of nitrogens with two attached hydrogens (primary N) is 1. The highest BCUT2D eigenvalue weighted by Gasteiger charge is 2.19. The Hall–Kier alpha value is -3.47. The molecule has 0 fully saturated rings. The van der Waals surface area contributed by atoms with E-state index >= 15 is 0 Å². The summed E-state index contributed by atoms with van der Waals surface area (Å²) in [5.41, 5.74) is 8.00. The van der Waals surface area contributed by atoms with Gasteiger partial charge >= 0.3 is 0 Å². The van der Waals surface area contributed by atoms with Gasteiger partial charge in [-0.15, -0.1) is 11.3 Å². The highest BCUT2D eigenvalue weighted by atomic mass is 32.2. The Kier molecular flexibility index (Phi) is 6.32. The number of benzene rings is 3. The topological polar surface area (TPSA) is 117 Å². The lowest BCUT2D eigenvalue weighted by Gasteiger charge is -2.17. The van der Waals surface area contributed by atoms with Crippen LogP contribution in [-0.4, -0.2) is 39.9 Å². The molecule has 0 saturated heterocycles. The number of carbonyl (C=O) groups is 1. The van der Waals surface area contributed by atoms with Gasteiger partial charge in [0, 0.05) is 47.2 Å². The van der Waals surface area contributed by atoms with E-state index in [0.717, 1.165) is 11.1 Å². The van der Waals surface area contributed by atoms with E-state index in [-0.39, 0.29) is 17.3 Å². The molecule has 0 unspecified atom stereocenters. The van der Waals surface area contributed by atoms with Crippen LogP contribution in [-0.2, 0) is 14.8 Å². The van der Waals surface area contributed by atoms with Crippen LogP contribution in [0.2, 0.25) is 0 Å². The van der Waals surface area contributed by atoms with Gasteiger partial charge < -0.3 is 16.0 Å². The van der Waals surface area contributed by atoms with Gasteiger partial charge in [0.25, 0.3) is 10.0 Å². The number of hydrogen-bond donors (Lipinski definition) is 3. The van der Waals surface area contributed by atoms with Crippen molar-refractivity contribution >= 4 is 54.5 Å². The maximum absolute atomic E-state index is 13.3. The minimum absolute atomic E-state index is 0.129. The molecule has 10 heteroatoms. The number of nitrogens with one attached hydrogen (secondary N) is 2. The fourth-order valence-electron chi connectivity index (χ4n) is 3.48. The van der Waals surface area contributed by atoms with E-state index in [4.69, 9.17) is 5.73 Å². The molecule has 4 aromatic rings. The number of sulfonamides is 1. The van der Waals surface area contributed by atoms with Gasteiger partial charge in [0.1, 0.15) is 0 Å². The molecule has 170 valence electrons. The average molecular weight is 482 g/mol. The summed E-state index contributed by atoms with van der Waals surface area (Å²) in [6.45, 7) is -0.129. The smallest absolute Gasteiger partial charge is 0.262 e. The summed E-state index contributed by atoms with van der Waals surface area (Å²) in [5.74, 6) is -0.329. The zero-order valence-corrected chi connectivity index (χ0v) is 19.7. The molecule has 0 saturated carbocycles. The van der Waals surface area contributed by atoms with Crippen LogP contribution < -0.4 is 20.7 Å². The van der Waals surface area contributed by atoms with E-state index < -0.39 is 10.0 Å². The van der Waals surface area contributed by atoms with Crippen LogP contribution in [0, 0.1) is 0 Å². The minimum Gasteiger partial charge on any atom is -0.377 e. The van der Waals surface area contributed by atoms with Crippen LogP contribution in [0.1, 0.15) is 0 Å². The molecule has 4 rings (SSSR count). The maximum Gasteiger partial charge on any atom is 0.262 e. The zero-order chi connectivity index (χ0) is 23.6. The van der Waals surface area contributed by atoms with Crippen molar-refractivity contribution in [3.05, 3.63) is 66.0 Å². The summed E-state index contributed by atoms with van der Waals surface area (Å²) in [6, 6.07) is 17.8. The Morgan fingerprint density at radius 2 is 1.79 bits per heavy atom. The largest absolute Gasteiger partial charge is 0.377 e. The summed E-state index contributed by atoms with van der Waals surface area (Å²) < 4.78 is 29.3. The Labute approximate surface area is 196 Å². The third kappa shape index (κ3) is 4.82. The predicted octanol–water partition coefficient (Wildman–Crippen LogP) is 3.73. The van der Waals surface area contributed by atoms with Crippen molar-refractivity contribution in [3.63, 3.8) is 0 Å². The van der Waals surface area contributed by atoms with Crippen molar-refractivity contribution in [1.82, 2.24) is 4.98 Å². The number of hydrogen-bond acceptors (Lipinski definition) is 7. The molecule has 0 radical (unpaired) electrons. The van der Waals surface area contributed by atoms with Crippen LogP contribution >= 0.6 is 11.3 Å². The molecule has 0 aliphatic heterocycles. The fourth-order valence-corrected chi connectivity index (χ4v) is 5.48. The first-order valence-corrected chi connectivity index (χ1v) is 12.4.